The number of nitrogens with one attached hydrogen (secondary N) is 1. The van der Waals surface area contributed by atoms with E-state index in [1.807, 2.05) is 6.20 Å². The second kappa shape index (κ2) is 7.69. The first-order valence-electron chi connectivity index (χ1n) is 5.84. The quantitative estimate of drug-likeness (QED) is 0.781. The molecule has 16 heavy (non-hydrogen) atoms. The van der Waals surface area contributed by atoms with Gasteiger partial charge >= 0.3 is 0 Å². The van der Waals surface area contributed by atoms with Crippen LogP contribution < -0.4 is 5.32 Å². The van der Waals surface area contributed by atoms with E-state index in [1.54, 1.807) is 0 Å². The van der Waals surface area contributed by atoms with Crippen LogP contribution in [0.25, 0.3) is 0 Å². The van der Waals surface area contributed by atoms with Gasteiger partial charge in [0.15, 0.2) is 0 Å². The summed E-state index contributed by atoms with van der Waals surface area (Å²) in [5.74, 6) is 0.771. The zero-order valence-electron chi connectivity index (χ0n) is 10.7. The molecule has 1 rings (SSSR count). The van der Waals surface area contributed by atoms with Gasteiger partial charge in [-0.05, 0) is 38.8 Å². The lowest BCUT2D eigenvalue weighted by molar-refractivity contribution is 0.482. The fourth-order valence-electron chi connectivity index (χ4n) is 1.55. The minimum atomic E-state index is 0. The Morgan fingerprint density at radius 1 is 1.31 bits per heavy atom. The fourth-order valence-corrected chi connectivity index (χ4v) is 1.55. The molecule has 0 aliphatic carbocycles. The van der Waals surface area contributed by atoms with Gasteiger partial charge in [-0.15, -0.1) is 12.4 Å². The van der Waals surface area contributed by atoms with E-state index in [4.69, 9.17) is 0 Å². The van der Waals surface area contributed by atoms with Gasteiger partial charge in [-0.2, -0.15) is 5.10 Å². The average molecular weight is 246 g/mol. The molecular weight excluding hydrogens is 222 g/mol. The van der Waals surface area contributed by atoms with Gasteiger partial charge in [-0.3, -0.25) is 4.68 Å². The molecule has 0 unspecified atom stereocenters. The SMILES string of the molecule is CC(C)CCNCc1ccnn1C(C)C.Cl. The van der Waals surface area contributed by atoms with E-state index in [-0.39, 0.29) is 12.4 Å². The summed E-state index contributed by atoms with van der Waals surface area (Å²) >= 11 is 0. The molecule has 1 heterocycles. The lowest BCUT2D eigenvalue weighted by atomic mass is 10.1. The molecule has 0 saturated carbocycles. The van der Waals surface area contributed by atoms with Gasteiger partial charge in [-0.1, -0.05) is 13.8 Å². The molecule has 0 bridgehead atoms. The van der Waals surface area contributed by atoms with Crippen molar-refractivity contribution in [2.24, 2.45) is 5.92 Å². The lowest BCUT2D eigenvalue weighted by Gasteiger charge is -2.12. The second-order valence-electron chi connectivity index (χ2n) is 4.72. The Kier molecular flexibility index (Phi) is 7.43. The van der Waals surface area contributed by atoms with Crippen molar-refractivity contribution < 1.29 is 0 Å². The molecule has 0 aromatic carbocycles. The molecule has 0 aliphatic rings. The van der Waals surface area contributed by atoms with E-state index in [0.29, 0.717) is 6.04 Å². The molecule has 0 aliphatic heterocycles. The third-order valence-corrected chi connectivity index (χ3v) is 2.45. The van der Waals surface area contributed by atoms with Crippen LogP contribution in [0, 0.1) is 5.92 Å². The van der Waals surface area contributed by atoms with Gasteiger partial charge in [0.25, 0.3) is 0 Å². The summed E-state index contributed by atoms with van der Waals surface area (Å²) in [4.78, 5) is 0. The zero-order chi connectivity index (χ0) is 11.3. The van der Waals surface area contributed by atoms with Gasteiger partial charge in [-0.25, -0.2) is 0 Å². The number of aromatic nitrogens is 2. The molecule has 0 saturated heterocycles. The van der Waals surface area contributed by atoms with Crippen molar-refractivity contribution in [2.45, 2.75) is 46.7 Å². The highest BCUT2D eigenvalue weighted by molar-refractivity contribution is 5.85. The van der Waals surface area contributed by atoms with Gasteiger partial charge in [0.05, 0.1) is 5.69 Å². The zero-order valence-corrected chi connectivity index (χ0v) is 11.5. The van der Waals surface area contributed by atoms with E-state index in [0.717, 1.165) is 19.0 Å². The smallest absolute Gasteiger partial charge is 0.0525 e. The van der Waals surface area contributed by atoms with Crippen LogP contribution >= 0.6 is 12.4 Å². The molecule has 1 N–H and O–H groups in total. The summed E-state index contributed by atoms with van der Waals surface area (Å²) in [5.41, 5.74) is 1.27. The Balaban J connectivity index is 0.00000225. The Morgan fingerprint density at radius 2 is 2.00 bits per heavy atom. The molecule has 1 aromatic heterocycles. The Hall–Kier alpha value is -0.540. The average Bonchev–Trinajstić information content (AvgIpc) is 2.60. The van der Waals surface area contributed by atoms with E-state index in [1.165, 1.54) is 12.1 Å². The van der Waals surface area contributed by atoms with Gasteiger partial charge in [0.1, 0.15) is 0 Å². The van der Waals surface area contributed by atoms with Gasteiger partial charge in [0, 0.05) is 18.8 Å². The molecule has 0 spiro atoms. The van der Waals surface area contributed by atoms with Crippen LogP contribution in [0.2, 0.25) is 0 Å². The van der Waals surface area contributed by atoms with Crippen LogP contribution in [-0.2, 0) is 6.54 Å². The first-order chi connectivity index (χ1) is 7.11. The minimum Gasteiger partial charge on any atom is -0.311 e. The summed E-state index contributed by atoms with van der Waals surface area (Å²) in [5, 5.41) is 7.76. The molecular formula is C12H24ClN3. The van der Waals surface area contributed by atoms with E-state index >= 15 is 0 Å². The maximum Gasteiger partial charge on any atom is 0.0525 e. The molecule has 1 aromatic rings. The summed E-state index contributed by atoms with van der Waals surface area (Å²) in [7, 11) is 0. The first kappa shape index (κ1) is 15.5. The van der Waals surface area contributed by atoms with E-state index in [9.17, 15) is 0 Å². The van der Waals surface area contributed by atoms with Crippen molar-refractivity contribution >= 4 is 12.4 Å². The Bertz CT molecular complexity index is 282. The Labute approximate surface area is 105 Å². The summed E-state index contributed by atoms with van der Waals surface area (Å²) in [6.07, 6.45) is 3.11. The van der Waals surface area contributed by atoms with Crippen molar-refractivity contribution in [2.75, 3.05) is 6.54 Å². The first-order valence-corrected chi connectivity index (χ1v) is 5.84. The monoisotopic (exact) mass is 245 g/mol. The molecule has 3 nitrogen and oxygen atoms in total. The molecule has 4 heteroatoms. The largest absolute Gasteiger partial charge is 0.311 e. The highest BCUT2D eigenvalue weighted by Crippen LogP contribution is 2.07. The highest BCUT2D eigenvalue weighted by Gasteiger charge is 2.04. The number of rotatable bonds is 6. The fraction of sp³-hybridized carbons (Fsp3) is 0.750. The second-order valence-corrected chi connectivity index (χ2v) is 4.72. The number of hydrogen-bond acceptors (Lipinski definition) is 2. The van der Waals surface area contributed by atoms with E-state index < -0.39 is 0 Å². The number of hydrogen-bond donors (Lipinski definition) is 1. The summed E-state index contributed by atoms with van der Waals surface area (Å²) in [6, 6.07) is 2.53. The standard InChI is InChI=1S/C12H23N3.ClH/c1-10(2)5-7-13-9-12-6-8-14-15(12)11(3)4;/h6,8,10-11,13H,5,7,9H2,1-4H3;1H. The third-order valence-electron chi connectivity index (χ3n) is 2.45. The van der Waals surface area contributed by atoms with Crippen molar-refractivity contribution in [1.29, 1.82) is 0 Å². The topological polar surface area (TPSA) is 29.9 Å². The van der Waals surface area contributed by atoms with Crippen molar-refractivity contribution in [3.05, 3.63) is 18.0 Å². The summed E-state index contributed by atoms with van der Waals surface area (Å²) < 4.78 is 2.07. The van der Waals surface area contributed by atoms with Gasteiger partial charge in [0.2, 0.25) is 0 Å². The number of halogens is 1. The highest BCUT2D eigenvalue weighted by atomic mass is 35.5. The lowest BCUT2D eigenvalue weighted by Crippen LogP contribution is -2.19. The van der Waals surface area contributed by atoms with Crippen molar-refractivity contribution in [1.82, 2.24) is 15.1 Å². The van der Waals surface area contributed by atoms with Crippen molar-refractivity contribution in [3.8, 4) is 0 Å². The van der Waals surface area contributed by atoms with Crippen molar-refractivity contribution in [3.63, 3.8) is 0 Å². The van der Waals surface area contributed by atoms with Crippen LogP contribution in [0.4, 0.5) is 0 Å². The van der Waals surface area contributed by atoms with Crippen LogP contribution in [-0.4, -0.2) is 16.3 Å². The maximum absolute atomic E-state index is 4.31. The van der Waals surface area contributed by atoms with Crippen LogP contribution in [0.3, 0.4) is 0 Å². The molecule has 0 fully saturated rings. The predicted octanol–water partition coefficient (Wildman–Crippen LogP) is 3.02. The number of nitrogens with zero attached hydrogens (tertiary/aromatic N) is 2. The predicted molar refractivity (Wildman–Crippen MR) is 71.0 cm³/mol. The Morgan fingerprint density at radius 3 is 2.56 bits per heavy atom. The van der Waals surface area contributed by atoms with Crippen LogP contribution in [0.15, 0.2) is 12.3 Å². The minimum absolute atomic E-state index is 0. The van der Waals surface area contributed by atoms with Crippen LogP contribution in [0.5, 0.6) is 0 Å². The normalized spacial score (nSPS) is 10.9. The molecule has 0 amide bonds. The summed E-state index contributed by atoms with van der Waals surface area (Å²) in [6.45, 7) is 10.8. The van der Waals surface area contributed by atoms with Gasteiger partial charge < -0.3 is 5.32 Å². The molecule has 0 atom stereocenters. The molecule has 0 radical (unpaired) electrons. The maximum atomic E-state index is 4.31. The van der Waals surface area contributed by atoms with Crippen LogP contribution in [0.1, 0.15) is 45.9 Å². The van der Waals surface area contributed by atoms with E-state index in [2.05, 4.69) is 48.9 Å². The molecule has 94 valence electrons. The third kappa shape index (κ3) is 4.99.